The normalized spacial score (nSPS) is 37.4. The maximum atomic E-state index is 6.17. The maximum absolute atomic E-state index is 6.17. The summed E-state index contributed by atoms with van der Waals surface area (Å²) < 4.78 is 0. The standard InChI is InChI=1S/C11H16B2N4/c1-17-11-7(13)3-4-5(9(11)15)2-6(12)10(16)8(4)14/h2-3,8-11,17H,14-16H2,1H3. The largest absolute Gasteiger partial charge is 0.323 e. The molecule has 4 radical (unpaired) electrons. The zero-order valence-electron chi connectivity index (χ0n) is 9.85. The highest BCUT2D eigenvalue weighted by atomic mass is 14.9. The summed E-state index contributed by atoms with van der Waals surface area (Å²) in [4.78, 5) is 0. The zero-order chi connectivity index (χ0) is 12.7. The third kappa shape index (κ3) is 1.91. The Morgan fingerprint density at radius 3 is 2.06 bits per heavy atom. The van der Waals surface area contributed by atoms with Crippen molar-refractivity contribution in [2.75, 3.05) is 7.05 Å². The second-order valence-corrected chi connectivity index (χ2v) is 4.54. The van der Waals surface area contributed by atoms with Gasteiger partial charge in [-0.1, -0.05) is 23.1 Å². The van der Waals surface area contributed by atoms with E-state index >= 15 is 0 Å². The first-order valence-corrected chi connectivity index (χ1v) is 5.59. The van der Waals surface area contributed by atoms with Crippen molar-refractivity contribution in [2.45, 2.75) is 24.2 Å². The molecule has 0 heterocycles. The molecule has 2 aliphatic rings. The van der Waals surface area contributed by atoms with Gasteiger partial charge in [0.25, 0.3) is 0 Å². The van der Waals surface area contributed by atoms with Crippen LogP contribution in [0.1, 0.15) is 0 Å². The Bertz CT molecular complexity index is 427. The highest BCUT2D eigenvalue weighted by Crippen LogP contribution is 2.30. The van der Waals surface area contributed by atoms with Crippen molar-refractivity contribution in [2.24, 2.45) is 17.2 Å². The van der Waals surface area contributed by atoms with E-state index in [-0.39, 0.29) is 24.2 Å². The minimum absolute atomic E-state index is 0.0978. The Balaban J connectivity index is 2.48. The van der Waals surface area contributed by atoms with Crippen molar-refractivity contribution < 1.29 is 0 Å². The predicted octanol–water partition coefficient (Wildman–Crippen LogP) is -2.02. The molecule has 0 aromatic carbocycles. The Hall–Kier alpha value is -0.810. The van der Waals surface area contributed by atoms with Crippen LogP contribution in [0, 0.1) is 0 Å². The highest BCUT2D eigenvalue weighted by molar-refractivity contribution is 6.24. The number of likely N-dealkylation sites (N-methyl/N-ethyl adjacent to an activating group) is 1. The van der Waals surface area contributed by atoms with E-state index < -0.39 is 0 Å². The molecule has 4 nitrogen and oxygen atoms in total. The molecule has 0 saturated heterocycles. The van der Waals surface area contributed by atoms with Crippen LogP contribution < -0.4 is 22.5 Å². The Kier molecular flexibility index (Phi) is 3.32. The van der Waals surface area contributed by atoms with Gasteiger partial charge in [0.05, 0.1) is 0 Å². The average Bonchev–Trinajstić information content (AvgIpc) is 2.29. The summed E-state index contributed by atoms with van der Waals surface area (Å²) in [7, 11) is 13.6. The predicted molar refractivity (Wildman–Crippen MR) is 71.5 cm³/mol. The van der Waals surface area contributed by atoms with Crippen LogP contribution in [0.15, 0.2) is 34.2 Å². The molecule has 7 N–H and O–H groups in total. The van der Waals surface area contributed by atoms with Gasteiger partial charge in [0.1, 0.15) is 15.7 Å². The molecule has 6 heteroatoms. The molecule has 0 spiro atoms. The molecule has 0 fully saturated rings. The average molecular weight is 226 g/mol. The van der Waals surface area contributed by atoms with Crippen LogP contribution in [0.5, 0.6) is 0 Å². The quantitative estimate of drug-likeness (QED) is 0.388. The molecule has 0 amide bonds. The second kappa shape index (κ2) is 4.46. The minimum atomic E-state index is -0.379. The van der Waals surface area contributed by atoms with Crippen molar-refractivity contribution >= 4 is 15.7 Å². The van der Waals surface area contributed by atoms with Crippen molar-refractivity contribution in [3.8, 4) is 0 Å². The first kappa shape index (κ1) is 12.6. The molecule has 86 valence electrons. The zero-order valence-corrected chi connectivity index (χ0v) is 9.85. The topological polar surface area (TPSA) is 90.1 Å². The Labute approximate surface area is 104 Å². The lowest BCUT2D eigenvalue weighted by molar-refractivity contribution is 0.549. The fraction of sp³-hybridized carbons (Fsp3) is 0.455. The van der Waals surface area contributed by atoms with Crippen LogP contribution in [0.3, 0.4) is 0 Å². The lowest BCUT2D eigenvalue weighted by Gasteiger charge is -2.38. The fourth-order valence-corrected chi connectivity index (χ4v) is 2.42. The van der Waals surface area contributed by atoms with Crippen molar-refractivity contribution in [3.05, 3.63) is 34.2 Å². The summed E-state index contributed by atoms with van der Waals surface area (Å²) in [6.07, 6.45) is 3.68. The maximum Gasteiger partial charge on any atom is 0.110 e. The molecule has 0 saturated carbocycles. The van der Waals surface area contributed by atoms with E-state index in [0.717, 1.165) is 11.1 Å². The van der Waals surface area contributed by atoms with E-state index in [1.165, 1.54) is 0 Å². The molecule has 0 aromatic rings. The van der Waals surface area contributed by atoms with Crippen LogP contribution in [0.25, 0.3) is 0 Å². The monoisotopic (exact) mass is 226 g/mol. The van der Waals surface area contributed by atoms with Crippen LogP contribution >= 0.6 is 0 Å². The van der Waals surface area contributed by atoms with Crippen LogP contribution in [0.4, 0.5) is 0 Å². The van der Waals surface area contributed by atoms with Gasteiger partial charge < -0.3 is 22.5 Å². The molecule has 0 bridgehead atoms. The molecular formula is C11H16B2N4. The van der Waals surface area contributed by atoms with Crippen molar-refractivity contribution in [3.63, 3.8) is 0 Å². The third-order valence-corrected chi connectivity index (χ3v) is 3.50. The van der Waals surface area contributed by atoms with Gasteiger partial charge in [-0.15, -0.1) is 0 Å². The Morgan fingerprint density at radius 1 is 0.941 bits per heavy atom. The number of hydrogen-bond donors (Lipinski definition) is 4. The van der Waals surface area contributed by atoms with Gasteiger partial charge in [-0.3, -0.25) is 0 Å². The third-order valence-electron chi connectivity index (χ3n) is 3.50. The molecule has 4 unspecified atom stereocenters. The number of nitrogens with one attached hydrogen (secondary N) is 1. The summed E-state index contributed by atoms with van der Waals surface area (Å²) in [5.41, 5.74) is 21.2. The summed E-state index contributed by atoms with van der Waals surface area (Å²) in [5, 5.41) is 3.08. The van der Waals surface area contributed by atoms with Gasteiger partial charge in [0.15, 0.2) is 0 Å². The lowest BCUT2D eigenvalue weighted by atomic mass is 9.68. The van der Waals surface area contributed by atoms with Crippen molar-refractivity contribution in [1.82, 2.24) is 5.32 Å². The highest BCUT2D eigenvalue weighted by Gasteiger charge is 2.33. The number of hydrogen-bond acceptors (Lipinski definition) is 4. The smallest absolute Gasteiger partial charge is 0.110 e. The molecule has 17 heavy (non-hydrogen) atoms. The fourth-order valence-electron chi connectivity index (χ4n) is 2.42. The molecule has 2 rings (SSSR count). The van der Waals surface area contributed by atoms with Crippen LogP contribution in [0.2, 0.25) is 0 Å². The minimum Gasteiger partial charge on any atom is -0.323 e. The first-order chi connectivity index (χ1) is 7.97. The molecule has 0 aliphatic heterocycles. The number of rotatable bonds is 1. The van der Waals surface area contributed by atoms with E-state index in [1.807, 2.05) is 19.2 Å². The molecule has 4 atom stereocenters. The number of nitrogens with two attached hydrogens (primary N) is 3. The van der Waals surface area contributed by atoms with E-state index in [1.54, 1.807) is 0 Å². The second-order valence-electron chi connectivity index (χ2n) is 4.54. The van der Waals surface area contributed by atoms with E-state index in [4.69, 9.17) is 32.9 Å². The molecular weight excluding hydrogens is 210 g/mol. The van der Waals surface area contributed by atoms with Gasteiger partial charge in [0.2, 0.25) is 0 Å². The summed E-state index contributed by atoms with van der Waals surface area (Å²) in [6, 6.07) is -1.08. The van der Waals surface area contributed by atoms with Gasteiger partial charge in [-0.2, -0.15) is 0 Å². The van der Waals surface area contributed by atoms with Gasteiger partial charge in [0, 0.05) is 24.2 Å². The van der Waals surface area contributed by atoms with Crippen molar-refractivity contribution in [1.29, 1.82) is 0 Å². The van der Waals surface area contributed by atoms with Gasteiger partial charge in [-0.25, -0.2) is 0 Å². The van der Waals surface area contributed by atoms with E-state index in [9.17, 15) is 0 Å². The SMILES string of the molecule is [B]C1=CC2=C(C=C([B])C(NC)C2N)C(N)C1N. The summed E-state index contributed by atoms with van der Waals surface area (Å²) in [6.45, 7) is 0. The van der Waals surface area contributed by atoms with Gasteiger partial charge >= 0.3 is 0 Å². The lowest BCUT2D eigenvalue weighted by Crippen LogP contribution is -2.53. The van der Waals surface area contributed by atoms with Crippen LogP contribution in [-0.4, -0.2) is 46.9 Å². The molecule has 0 aromatic heterocycles. The summed E-state index contributed by atoms with van der Waals surface area (Å²) in [5.74, 6) is 0. The Morgan fingerprint density at radius 2 is 1.47 bits per heavy atom. The van der Waals surface area contributed by atoms with Gasteiger partial charge in [-0.05, 0) is 18.2 Å². The van der Waals surface area contributed by atoms with E-state index in [0.29, 0.717) is 10.9 Å². The summed E-state index contributed by atoms with van der Waals surface area (Å²) >= 11 is 0. The van der Waals surface area contributed by atoms with Crippen LogP contribution in [-0.2, 0) is 0 Å². The first-order valence-electron chi connectivity index (χ1n) is 5.59. The molecule has 2 aliphatic carbocycles. The van der Waals surface area contributed by atoms with E-state index in [2.05, 4.69) is 5.32 Å².